The summed E-state index contributed by atoms with van der Waals surface area (Å²) >= 11 is 0. The van der Waals surface area contributed by atoms with E-state index in [0.29, 0.717) is 17.9 Å². The lowest BCUT2D eigenvalue weighted by Gasteiger charge is -2.24. The summed E-state index contributed by atoms with van der Waals surface area (Å²) in [6.45, 7) is 6.27. The van der Waals surface area contributed by atoms with Crippen LogP contribution in [0.25, 0.3) is 0 Å². The SMILES string of the molecule is Cc1c(C#N)c(NC(=O)CN(C)C(C)c2ccc(F)cc2)n(Cc2ccco2)c1C. The quantitative estimate of drug-likeness (QED) is 0.629. The van der Waals surface area contributed by atoms with Crippen molar-refractivity contribution in [2.24, 2.45) is 0 Å². The maximum Gasteiger partial charge on any atom is 0.239 e. The molecule has 1 N–H and O–H groups in total. The number of likely N-dealkylation sites (N-methyl/N-ethyl adjacent to an activating group) is 1. The minimum Gasteiger partial charge on any atom is -0.467 e. The fraction of sp³-hybridized carbons (Fsp3) is 0.304. The molecule has 6 nitrogen and oxygen atoms in total. The van der Waals surface area contributed by atoms with E-state index in [1.54, 1.807) is 24.5 Å². The standard InChI is InChI=1S/C23H25FN4O2/c1-15-16(2)28(13-20-6-5-11-30-20)23(21(15)12-25)26-22(29)14-27(4)17(3)18-7-9-19(24)10-8-18/h5-11,17H,13-14H2,1-4H3,(H,26,29). The van der Waals surface area contributed by atoms with E-state index < -0.39 is 0 Å². The van der Waals surface area contributed by atoms with Crippen LogP contribution in [0.1, 0.15) is 41.1 Å². The highest BCUT2D eigenvalue weighted by Gasteiger charge is 2.22. The molecule has 0 saturated heterocycles. The summed E-state index contributed by atoms with van der Waals surface area (Å²) in [7, 11) is 1.83. The molecule has 3 rings (SSSR count). The zero-order chi connectivity index (χ0) is 21.8. The van der Waals surface area contributed by atoms with Crippen molar-refractivity contribution in [2.45, 2.75) is 33.4 Å². The van der Waals surface area contributed by atoms with Crippen LogP contribution in [0.15, 0.2) is 47.1 Å². The Hall–Kier alpha value is -3.37. The number of rotatable bonds is 7. The molecule has 0 aliphatic heterocycles. The van der Waals surface area contributed by atoms with Gasteiger partial charge in [-0.3, -0.25) is 9.69 Å². The van der Waals surface area contributed by atoms with Crippen molar-refractivity contribution in [1.82, 2.24) is 9.47 Å². The maximum atomic E-state index is 13.2. The Balaban J connectivity index is 1.78. The van der Waals surface area contributed by atoms with Crippen LogP contribution in [0.5, 0.6) is 0 Å². The number of anilines is 1. The molecular formula is C23H25FN4O2. The molecule has 0 bridgehead atoms. The molecule has 2 aromatic heterocycles. The highest BCUT2D eigenvalue weighted by atomic mass is 19.1. The first-order valence-electron chi connectivity index (χ1n) is 9.69. The number of carbonyl (C=O) groups is 1. The van der Waals surface area contributed by atoms with E-state index >= 15 is 0 Å². The molecule has 2 heterocycles. The Labute approximate surface area is 175 Å². The summed E-state index contributed by atoms with van der Waals surface area (Å²) in [5, 5.41) is 12.5. The number of hydrogen-bond acceptors (Lipinski definition) is 4. The lowest BCUT2D eigenvalue weighted by molar-refractivity contribution is -0.117. The van der Waals surface area contributed by atoms with E-state index in [2.05, 4.69) is 11.4 Å². The number of nitrogens with one attached hydrogen (secondary N) is 1. The molecule has 0 radical (unpaired) electrons. The monoisotopic (exact) mass is 408 g/mol. The van der Waals surface area contributed by atoms with Gasteiger partial charge in [-0.2, -0.15) is 5.26 Å². The number of amides is 1. The van der Waals surface area contributed by atoms with Gasteiger partial charge in [0.1, 0.15) is 23.5 Å². The van der Waals surface area contributed by atoms with Gasteiger partial charge in [-0.25, -0.2) is 4.39 Å². The molecule has 30 heavy (non-hydrogen) atoms. The van der Waals surface area contributed by atoms with E-state index in [1.807, 2.05) is 43.4 Å². The zero-order valence-corrected chi connectivity index (χ0v) is 17.6. The second kappa shape index (κ2) is 8.97. The van der Waals surface area contributed by atoms with E-state index in [4.69, 9.17) is 4.42 Å². The average Bonchev–Trinajstić information content (AvgIpc) is 3.31. The smallest absolute Gasteiger partial charge is 0.239 e. The third kappa shape index (κ3) is 4.44. The first-order valence-corrected chi connectivity index (χ1v) is 9.69. The van der Waals surface area contributed by atoms with Crippen LogP contribution in [0.3, 0.4) is 0 Å². The van der Waals surface area contributed by atoms with Gasteiger partial charge < -0.3 is 14.3 Å². The van der Waals surface area contributed by atoms with Crippen molar-refractivity contribution >= 4 is 11.7 Å². The summed E-state index contributed by atoms with van der Waals surface area (Å²) in [6.07, 6.45) is 1.59. The lowest BCUT2D eigenvalue weighted by Crippen LogP contribution is -2.33. The van der Waals surface area contributed by atoms with Gasteiger partial charge in [-0.15, -0.1) is 0 Å². The fourth-order valence-corrected chi connectivity index (χ4v) is 3.42. The molecule has 0 aliphatic rings. The van der Waals surface area contributed by atoms with Gasteiger partial charge in [0.15, 0.2) is 0 Å². The van der Waals surface area contributed by atoms with Gasteiger partial charge in [0, 0.05) is 11.7 Å². The van der Waals surface area contributed by atoms with Crippen LogP contribution in [0, 0.1) is 31.0 Å². The molecule has 3 aromatic rings. The molecule has 1 amide bonds. The average molecular weight is 408 g/mol. The predicted molar refractivity (Wildman–Crippen MR) is 113 cm³/mol. The molecule has 1 atom stereocenters. The Morgan fingerprint density at radius 1 is 1.30 bits per heavy atom. The molecule has 156 valence electrons. The number of aromatic nitrogens is 1. The number of halogens is 1. The molecule has 0 aliphatic carbocycles. The van der Waals surface area contributed by atoms with Crippen molar-refractivity contribution in [3.8, 4) is 6.07 Å². The predicted octanol–water partition coefficient (Wildman–Crippen LogP) is 4.39. The molecule has 1 aromatic carbocycles. The van der Waals surface area contributed by atoms with Crippen LogP contribution >= 0.6 is 0 Å². The molecule has 0 fully saturated rings. The molecule has 0 spiro atoms. The third-order valence-electron chi connectivity index (χ3n) is 5.50. The fourth-order valence-electron chi connectivity index (χ4n) is 3.42. The Kier molecular flexibility index (Phi) is 6.38. The number of nitriles is 1. The number of benzene rings is 1. The summed E-state index contributed by atoms with van der Waals surface area (Å²) in [4.78, 5) is 14.7. The summed E-state index contributed by atoms with van der Waals surface area (Å²) in [6, 6.07) is 12.0. The maximum absolute atomic E-state index is 13.2. The van der Waals surface area contributed by atoms with Crippen molar-refractivity contribution in [2.75, 3.05) is 18.9 Å². The minimum absolute atomic E-state index is 0.0786. The highest BCUT2D eigenvalue weighted by molar-refractivity contribution is 5.93. The first-order chi connectivity index (χ1) is 14.3. The van der Waals surface area contributed by atoms with Gasteiger partial charge in [-0.1, -0.05) is 12.1 Å². The van der Waals surface area contributed by atoms with Gasteiger partial charge >= 0.3 is 0 Å². The first kappa shape index (κ1) is 21.3. The number of hydrogen-bond donors (Lipinski definition) is 1. The Bertz CT molecular complexity index is 1060. The van der Waals surface area contributed by atoms with Crippen molar-refractivity contribution in [3.63, 3.8) is 0 Å². The lowest BCUT2D eigenvalue weighted by atomic mass is 10.1. The Morgan fingerprint density at radius 2 is 2.00 bits per heavy atom. The normalized spacial score (nSPS) is 12.0. The molecule has 1 unspecified atom stereocenters. The zero-order valence-electron chi connectivity index (χ0n) is 17.6. The Morgan fingerprint density at radius 3 is 2.60 bits per heavy atom. The number of nitrogens with zero attached hydrogens (tertiary/aromatic N) is 3. The van der Waals surface area contributed by atoms with Crippen molar-refractivity contribution in [1.29, 1.82) is 5.26 Å². The van der Waals surface area contributed by atoms with Gasteiger partial charge in [-0.05, 0) is 63.2 Å². The molecule has 7 heteroatoms. The van der Waals surface area contributed by atoms with Gasteiger partial charge in [0.25, 0.3) is 0 Å². The van der Waals surface area contributed by atoms with E-state index in [9.17, 15) is 14.4 Å². The van der Waals surface area contributed by atoms with E-state index in [1.165, 1.54) is 12.1 Å². The minimum atomic E-state index is -0.293. The molecular weight excluding hydrogens is 383 g/mol. The van der Waals surface area contributed by atoms with Crippen molar-refractivity contribution < 1.29 is 13.6 Å². The van der Waals surface area contributed by atoms with Crippen LogP contribution in [-0.4, -0.2) is 29.0 Å². The van der Waals surface area contributed by atoms with Crippen LogP contribution in [-0.2, 0) is 11.3 Å². The second-order valence-electron chi connectivity index (χ2n) is 7.40. The van der Waals surface area contributed by atoms with Gasteiger partial charge in [0.05, 0.1) is 24.9 Å². The third-order valence-corrected chi connectivity index (χ3v) is 5.50. The van der Waals surface area contributed by atoms with E-state index in [0.717, 1.165) is 22.6 Å². The largest absolute Gasteiger partial charge is 0.467 e. The summed E-state index contributed by atoms with van der Waals surface area (Å²) in [5.74, 6) is 0.673. The summed E-state index contributed by atoms with van der Waals surface area (Å²) < 4.78 is 20.5. The van der Waals surface area contributed by atoms with Gasteiger partial charge in [0.2, 0.25) is 5.91 Å². The number of carbonyl (C=O) groups excluding carboxylic acids is 1. The summed E-state index contributed by atoms with van der Waals surface area (Å²) in [5.41, 5.74) is 3.08. The van der Waals surface area contributed by atoms with Crippen LogP contribution in [0.2, 0.25) is 0 Å². The van der Waals surface area contributed by atoms with Crippen LogP contribution in [0.4, 0.5) is 10.2 Å². The molecule has 0 saturated carbocycles. The number of furan rings is 1. The second-order valence-corrected chi connectivity index (χ2v) is 7.40. The van der Waals surface area contributed by atoms with E-state index in [-0.39, 0.29) is 24.3 Å². The topological polar surface area (TPSA) is 74.2 Å². The highest BCUT2D eigenvalue weighted by Crippen LogP contribution is 2.27. The van der Waals surface area contributed by atoms with Crippen LogP contribution < -0.4 is 5.32 Å². The van der Waals surface area contributed by atoms with Crippen molar-refractivity contribution in [3.05, 3.63) is 76.6 Å².